The molecule has 2 amide bonds. The number of ether oxygens (including phenoxy) is 1. The molecule has 1 atom stereocenters. The second-order valence-electron chi connectivity index (χ2n) is 8.25. The van der Waals surface area contributed by atoms with Gasteiger partial charge in [0.15, 0.2) is 5.17 Å². The number of hydrogen-bond donors (Lipinski definition) is 1. The molecule has 2 aromatic rings. The molecule has 10 heteroatoms. The first-order valence-corrected chi connectivity index (χ1v) is 13.5. The fraction of sp³-hybridized carbons (Fsp3) is 0.375. The van der Waals surface area contributed by atoms with Crippen molar-refractivity contribution >= 4 is 44.5 Å². The Morgan fingerprint density at radius 3 is 2.56 bits per heavy atom. The van der Waals surface area contributed by atoms with E-state index in [9.17, 15) is 18.0 Å². The highest BCUT2D eigenvalue weighted by molar-refractivity contribution is 8.16. The van der Waals surface area contributed by atoms with Gasteiger partial charge in [0.2, 0.25) is 11.8 Å². The predicted molar refractivity (Wildman–Crippen MR) is 132 cm³/mol. The maximum Gasteiger partial charge on any atom is 0.284 e. The zero-order chi connectivity index (χ0) is 24.1. The lowest BCUT2D eigenvalue weighted by Crippen LogP contribution is -2.42. The van der Waals surface area contributed by atoms with Crippen LogP contribution in [0.15, 0.2) is 63.9 Å². The first-order chi connectivity index (χ1) is 16.4. The summed E-state index contributed by atoms with van der Waals surface area (Å²) in [6, 6.07) is 14.8. The number of amides is 2. The van der Waals surface area contributed by atoms with Gasteiger partial charge in [-0.15, -0.1) is 4.40 Å². The summed E-state index contributed by atoms with van der Waals surface area (Å²) in [5.74, 6) is 0.00250. The zero-order valence-corrected chi connectivity index (χ0v) is 20.5. The van der Waals surface area contributed by atoms with Gasteiger partial charge in [0.1, 0.15) is 11.0 Å². The Kier molecular flexibility index (Phi) is 7.57. The van der Waals surface area contributed by atoms with Crippen LogP contribution in [0.1, 0.15) is 38.5 Å². The third-order valence-corrected chi connectivity index (χ3v) is 8.42. The first-order valence-electron chi connectivity index (χ1n) is 11.2. The largest absolute Gasteiger partial charge is 0.497 e. The van der Waals surface area contributed by atoms with Crippen molar-refractivity contribution in [1.29, 1.82) is 0 Å². The van der Waals surface area contributed by atoms with Crippen LogP contribution in [-0.2, 0) is 19.6 Å². The van der Waals surface area contributed by atoms with E-state index in [1.165, 1.54) is 17.0 Å². The number of hydrogen-bond acceptors (Lipinski definition) is 6. The van der Waals surface area contributed by atoms with E-state index >= 15 is 0 Å². The quantitative estimate of drug-likeness (QED) is 0.614. The molecule has 0 bridgehead atoms. The summed E-state index contributed by atoms with van der Waals surface area (Å²) in [4.78, 5) is 27.7. The van der Waals surface area contributed by atoms with Crippen LogP contribution >= 0.6 is 11.8 Å². The fourth-order valence-corrected chi connectivity index (χ4v) is 6.61. The van der Waals surface area contributed by atoms with Crippen LogP contribution in [0.5, 0.6) is 5.75 Å². The zero-order valence-electron chi connectivity index (χ0n) is 18.8. The second-order valence-corrected chi connectivity index (χ2v) is 11.0. The van der Waals surface area contributed by atoms with Crippen molar-refractivity contribution in [1.82, 2.24) is 4.90 Å². The molecule has 4 rings (SSSR count). The minimum Gasteiger partial charge on any atom is -0.497 e. The topological polar surface area (TPSA) is 105 Å². The SMILES string of the molecule is COc1cccc(NC(=O)CC2S/C(=N/S(=O)(=O)c3ccccc3)N(C3CCCCC3)C2=O)c1. The average Bonchev–Trinajstić information content (AvgIpc) is 3.13. The van der Waals surface area contributed by atoms with Gasteiger partial charge in [-0.05, 0) is 37.1 Å². The normalized spacial score (nSPS) is 20.5. The standard InChI is InChI=1S/C24H27N3O5S2/c1-32-19-12-8-9-17(15-19)25-22(28)16-21-23(29)27(18-10-4-2-5-11-18)24(33-21)26-34(30,31)20-13-6-3-7-14-20/h3,6-9,12-15,18,21H,2,4-5,10-11,16H2,1H3,(H,25,28)/b26-24+. The van der Waals surface area contributed by atoms with E-state index in [1.54, 1.807) is 49.6 Å². The summed E-state index contributed by atoms with van der Waals surface area (Å²) in [6.07, 6.45) is 4.53. The van der Waals surface area contributed by atoms with E-state index < -0.39 is 15.3 Å². The maximum atomic E-state index is 13.4. The summed E-state index contributed by atoms with van der Waals surface area (Å²) in [7, 11) is -2.45. The first kappa shape index (κ1) is 24.3. The van der Waals surface area contributed by atoms with E-state index in [0.717, 1.165) is 43.9 Å². The highest BCUT2D eigenvalue weighted by Gasteiger charge is 2.43. The van der Waals surface area contributed by atoms with Crippen LogP contribution in [0.4, 0.5) is 5.69 Å². The Balaban J connectivity index is 1.56. The van der Waals surface area contributed by atoms with Crippen LogP contribution in [0.2, 0.25) is 0 Å². The number of nitrogens with zero attached hydrogens (tertiary/aromatic N) is 2. The Bertz CT molecular complexity index is 1180. The highest BCUT2D eigenvalue weighted by atomic mass is 32.2. The van der Waals surface area contributed by atoms with Crippen molar-refractivity contribution in [3.8, 4) is 5.75 Å². The molecule has 8 nitrogen and oxygen atoms in total. The molecular weight excluding hydrogens is 474 g/mol. The summed E-state index contributed by atoms with van der Waals surface area (Å²) >= 11 is 1.05. The molecule has 34 heavy (non-hydrogen) atoms. The Morgan fingerprint density at radius 2 is 1.85 bits per heavy atom. The van der Waals surface area contributed by atoms with Gasteiger partial charge in [-0.1, -0.05) is 55.3 Å². The van der Waals surface area contributed by atoms with Crippen LogP contribution < -0.4 is 10.1 Å². The fourth-order valence-electron chi connectivity index (χ4n) is 4.18. The summed E-state index contributed by atoms with van der Waals surface area (Å²) < 4.78 is 35.1. The molecule has 1 N–H and O–H groups in total. The molecule has 1 heterocycles. The number of amidine groups is 1. The Labute approximate surface area is 203 Å². The van der Waals surface area contributed by atoms with E-state index in [1.807, 2.05) is 0 Å². The Hall–Kier alpha value is -2.85. The molecule has 180 valence electrons. The predicted octanol–water partition coefficient (Wildman–Crippen LogP) is 4.05. The highest BCUT2D eigenvalue weighted by Crippen LogP contribution is 2.36. The van der Waals surface area contributed by atoms with E-state index in [2.05, 4.69) is 9.71 Å². The molecule has 0 radical (unpaired) electrons. The van der Waals surface area contributed by atoms with Gasteiger partial charge >= 0.3 is 0 Å². The van der Waals surface area contributed by atoms with Crippen molar-refractivity contribution < 1.29 is 22.7 Å². The number of nitrogens with one attached hydrogen (secondary N) is 1. The van der Waals surface area contributed by atoms with Crippen LogP contribution in [0.25, 0.3) is 0 Å². The van der Waals surface area contributed by atoms with Gasteiger partial charge < -0.3 is 10.1 Å². The lowest BCUT2D eigenvalue weighted by molar-refractivity contribution is -0.130. The molecule has 0 spiro atoms. The summed E-state index contributed by atoms with van der Waals surface area (Å²) in [5, 5.41) is 2.20. The van der Waals surface area contributed by atoms with Crippen molar-refractivity contribution in [3.05, 3.63) is 54.6 Å². The minimum absolute atomic E-state index is 0.0679. The van der Waals surface area contributed by atoms with Gasteiger partial charge in [-0.3, -0.25) is 14.5 Å². The molecule has 2 fully saturated rings. The third kappa shape index (κ3) is 5.61. The molecule has 1 aliphatic carbocycles. The molecule has 1 aliphatic heterocycles. The van der Waals surface area contributed by atoms with Crippen molar-refractivity contribution in [3.63, 3.8) is 0 Å². The number of benzene rings is 2. The molecule has 2 aliphatic rings. The van der Waals surface area contributed by atoms with E-state index in [0.29, 0.717) is 11.4 Å². The smallest absolute Gasteiger partial charge is 0.284 e. The van der Waals surface area contributed by atoms with Gasteiger partial charge in [0.05, 0.1) is 12.0 Å². The summed E-state index contributed by atoms with van der Waals surface area (Å²) in [5.41, 5.74) is 0.560. The van der Waals surface area contributed by atoms with Crippen LogP contribution in [0.3, 0.4) is 0 Å². The lowest BCUT2D eigenvalue weighted by atomic mass is 9.94. The summed E-state index contributed by atoms with van der Waals surface area (Å²) in [6.45, 7) is 0. The molecule has 2 aromatic carbocycles. The minimum atomic E-state index is -3.99. The van der Waals surface area contributed by atoms with E-state index in [-0.39, 0.29) is 34.3 Å². The van der Waals surface area contributed by atoms with E-state index in [4.69, 9.17) is 4.74 Å². The maximum absolute atomic E-state index is 13.4. The molecule has 0 aromatic heterocycles. The van der Waals surface area contributed by atoms with Crippen molar-refractivity contribution in [2.24, 2.45) is 4.40 Å². The average molecular weight is 502 g/mol. The molecule has 1 saturated carbocycles. The van der Waals surface area contributed by atoms with Gasteiger partial charge in [0.25, 0.3) is 10.0 Å². The van der Waals surface area contributed by atoms with Gasteiger partial charge in [-0.2, -0.15) is 8.42 Å². The van der Waals surface area contributed by atoms with Gasteiger partial charge in [0, 0.05) is 24.2 Å². The van der Waals surface area contributed by atoms with Crippen molar-refractivity contribution in [2.45, 2.75) is 54.7 Å². The Morgan fingerprint density at radius 1 is 1.12 bits per heavy atom. The third-order valence-electron chi connectivity index (χ3n) is 5.87. The number of rotatable bonds is 7. The number of thioether (sulfide) groups is 1. The van der Waals surface area contributed by atoms with Crippen LogP contribution in [-0.4, -0.2) is 48.7 Å². The number of sulfonamides is 1. The molecule has 1 unspecified atom stereocenters. The van der Waals surface area contributed by atoms with Crippen LogP contribution in [0, 0.1) is 0 Å². The number of anilines is 1. The monoisotopic (exact) mass is 501 g/mol. The number of carbonyl (C=O) groups is 2. The van der Waals surface area contributed by atoms with Crippen molar-refractivity contribution in [2.75, 3.05) is 12.4 Å². The lowest BCUT2D eigenvalue weighted by Gasteiger charge is -2.30. The van der Waals surface area contributed by atoms with Gasteiger partial charge in [-0.25, -0.2) is 0 Å². The number of methoxy groups -OCH3 is 1. The second kappa shape index (κ2) is 10.6. The number of carbonyl (C=O) groups excluding carboxylic acids is 2. The molecular formula is C24H27N3O5S2. The molecule has 1 saturated heterocycles.